The average Bonchev–Trinajstić information content (AvgIpc) is 3.88. The molecule has 0 unspecified atom stereocenters. The van der Waals surface area contributed by atoms with Crippen LogP contribution in [-0.2, 0) is 56.0 Å². The van der Waals surface area contributed by atoms with Crippen molar-refractivity contribution >= 4 is 64.2 Å². The molecule has 0 spiro atoms. The molecule has 338 valence electrons. The Hall–Kier alpha value is -6.92. The van der Waals surface area contributed by atoms with Crippen molar-refractivity contribution in [3.8, 4) is 0 Å². The topological polar surface area (TPSA) is 403 Å². The lowest BCUT2D eigenvalue weighted by molar-refractivity contribution is -0.143. The minimum absolute atomic E-state index is 0.183. The molecule has 0 bridgehead atoms. The number of benzene rings is 1. The summed E-state index contributed by atoms with van der Waals surface area (Å²) in [4.78, 5) is 126. The molecule has 0 saturated heterocycles. The lowest BCUT2D eigenvalue weighted by atomic mass is 10.0. The second-order valence-corrected chi connectivity index (χ2v) is 14.8. The molecular weight excluding hydrogens is 818 g/mol. The molecule has 0 radical (unpaired) electrons. The van der Waals surface area contributed by atoms with Gasteiger partial charge < -0.3 is 73.8 Å². The number of nitrogens with zero attached hydrogens (tertiary/aromatic N) is 1. The van der Waals surface area contributed by atoms with Gasteiger partial charge >= 0.3 is 11.9 Å². The number of carboxylic acids is 2. The first-order chi connectivity index (χ1) is 29.2. The van der Waals surface area contributed by atoms with Gasteiger partial charge in [-0.25, -0.2) is 9.78 Å². The predicted octanol–water partition coefficient (Wildman–Crippen LogP) is -4.23. The van der Waals surface area contributed by atoms with Crippen LogP contribution in [0.2, 0.25) is 0 Å². The molecule has 2 heterocycles. The highest BCUT2D eigenvalue weighted by Crippen LogP contribution is 2.20. The van der Waals surface area contributed by atoms with Gasteiger partial charge in [0.2, 0.25) is 41.4 Å². The number of fused-ring (bicyclic) bond motifs is 1. The van der Waals surface area contributed by atoms with Crippen molar-refractivity contribution in [1.82, 2.24) is 46.9 Å². The second kappa shape index (κ2) is 23.2. The maximum Gasteiger partial charge on any atom is 0.326 e. The summed E-state index contributed by atoms with van der Waals surface area (Å²) in [7, 11) is 0. The summed E-state index contributed by atoms with van der Waals surface area (Å²) in [5, 5.41) is 53.8. The van der Waals surface area contributed by atoms with Gasteiger partial charge in [-0.2, -0.15) is 0 Å². The fraction of sp³-hybridized carbons (Fsp3) is 0.474. The first kappa shape index (κ1) is 49.4. The van der Waals surface area contributed by atoms with E-state index in [2.05, 4.69) is 46.9 Å². The molecular formula is C38H53N11O13. The molecule has 24 heteroatoms. The van der Waals surface area contributed by atoms with Crippen LogP contribution in [0.1, 0.15) is 51.3 Å². The zero-order chi connectivity index (χ0) is 46.3. The number of carbonyl (C=O) groups excluding carboxylic acids is 7. The first-order valence-corrected chi connectivity index (χ1v) is 19.3. The Balaban J connectivity index is 1.88. The summed E-state index contributed by atoms with van der Waals surface area (Å²) in [6.45, 7) is 3.46. The second-order valence-electron chi connectivity index (χ2n) is 14.8. The number of H-pyrrole nitrogens is 2. The summed E-state index contributed by atoms with van der Waals surface area (Å²) in [6.07, 6.45) is -0.102. The highest BCUT2D eigenvalue weighted by Gasteiger charge is 2.36. The van der Waals surface area contributed by atoms with Crippen LogP contribution < -0.4 is 43.4 Å². The molecule has 24 nitrogen and oxygen atoms in total. The van der Waals surface area contributed by atoms with Gasteiger partial charge in [0.1, 0.15) is 42.3 Å². The maximum atomic E-state index is 13.8. The Bertz CT molecular complexity index is 2070. The number of nitrogens with two attached hydrogens (primary N) is 2. The van der Waals surface area contributed by atoms with Crippen LogP contribution in [-0.4, -0.2) is 144 Å². The SMILES string of the molecule is CC(C)[C@H](NC(=O)[C@H](Cc1c[nH]c2ccccc12)NC(=O)[C@@H](NC(=O)[C@H](CCC(=O)O)NC(=O)[C@H](CC(N)=O)NC(=O)[C@H](Cc1cnc[nH]1)NC(=O)[C@@H](N)CO)[C@@H](C)O)C(=O)O. The number of hydrogen-bond donors (Lipinski definition) is 14. The highest BCUT2D eigenvalue weighted by molar-refractivity contribution is 5.99. The Morgan fingerprint density at radius 1 is 0.726 bits per heavy atom. The number of hydrogen-bond acceptors (Lipinski definition) is 13. The summed E-state index contributed by atoms with van der Waals surface area (Å²) in [5.74, 6) is -10.9. The number of aromatic nitrogens is 3. The van der Waals surface area contributed by atoms with Gasteiger partial charge in [0.15, 0.2) is 0 Å². The largest absolute Gasteiger partial charge is 0.481 e. The van der Waals surface area contributed by atoms with Gasteiger partial charge in [0.25, 0.3) is 0 Å². The monoisotopic (exact) mass is 871 g/mol. The fourth-order valence-electron chi connectivity index (χ4n) is 6.10. The van der Waals surface area contributed by atoms with E-state index in [-0.39, 0.29) is 12.8 Å². The Morgan fingerprint density at radius 3 is 1.87 bits per heavy atom. The molecule has 0 aliphatic rings. The third-order valence-electron chi connectivity index (χ3n) is 9.49. The smallest absolute Gasteiger partial charge is 0.326 e. The van der Waals surface area contributed by atoms with Gasteiger partial charge in [-0.05, 0) is 30.9 Å². The minimum atomic E-state index is -1.86. The standard InChI is InChI=1S/C38H53N11O13/c1-17(2)30(38(61)62)48-36(59)25(10-19-13-42-23-7-5-4-6-21(19)23)47-37(60)31(18(3)51)49-33(56)24(8-9-29(53)54)44-35(58)27(12-28(40)52)46-34(57)26(11-20-14-41-16-43-20)45-32(55)22(39)15-50/h4-7,13-14,16-18,22,24-27,30-31,42,50-51H,8-12,15,39H2,1-3H3,(H2,40,52)(H,41,43)(H,44,58)(H,45,55)(H,46,57)(H,47,60)(H,48,59)(H,49,56)(H,53,54)(H,61,62)/t18-,22+,24+,25+,26+,27+,30+,31+/m1/s1. The van der Waals surface area contributed by atoms with Crippen LogP contribution >= 0.6 is 0 Å². The lowest BCUT2D eigenvalue weighted by Crippen LogP contribution is -2.62. The number of para-hydroxylation sites is 1. The quantitative estimate of drug-likeness (QED) is 0.0384. The predicted molar refractivity (Wildman–Crippen MR) is 216 cm³/mol. The van der Waals surface area contributed by atoms with E-state index in [1.807, 2.05) is 0 Å². The van der Waals surface area contributed by atoms with Crippen LogP contribution in [0.25, 0.3) is 10.9 Å². The van der Waals surface area contributed by atoms with Crippen LogP contribution in [0.3, 0.4) is 0 Å². The minimum Gasteiger partial charge on any atom is -0.481 e. The highest BCUT2D eigenvalue weighted by atomic mass is 16.4. The lowest BCUT2D eigenvalue weighted by Gasteiger charge is -2.28. The number of nitrogens with one attached hydrogen (secondary N) is 8. The Kier molecular flexibility index (Phi) is 18.5. The number of carboxylic acid groups (broad SMARTS) is 2. The number of carbonyl (C=O) groups is 9. The summed E-state index contributed by atoms with van der Waals surface area (Å²) in [6, 6.07) is -4.18. The van der Waals surface area contributed by atoms with Crippen LogP contribution in [0.4, 0.5) is 0 Å². The van der Waals surface area contributed by atoms with E-state index >= 15 is 0 Å². The third kappa shape index (κ3) is 14.7. The van der Waals surface area contributed by atoms with E-state index < -0.39 is 133 Å². The van der Waals surface area contributed by atoms with E-state index in [0.717, 1.165) is 6.92 Å². The molecule has 62 heavy (non-hydrogen) atoms. The summed E-state index contributed by atoms with van der Waals surface area (Å²) < 4.78 is 0. The van der Waals surface area contributed by atoms with Gasteiger partial charge in [0, 0.05) is 48.3 Å². The molecule has 0 aliphatic heterocycles. The molecule has 0 saturated carbocycles. The van der Waals surface area contributed by atoms with Gasteiger partial charge in [-0.15, -0.1) is 0 Å². The van der Waals surface area contributed by atoms with Crippen molar-refractivity contribution in [1.29, 1.82) is 0 Å². The van der Waals surface area contributed by atoms with Crippen molar-refractivity contribution in [2.45, 2.75) is 101 Å². The zero-order valence-corrected chi connectivity index (χ0v) is 34.0. The van der Waals surface area contributed by atoms with E-state index in [9.17, 15) is 63.6 Å². The average molecular weight is 872 g/mol. The number of primary amides is 1. The third-order valence-corrected chi connectivity index (χ3v) is 9.49. The first-order valence-electron chi connectivity index (χ1n) is 19.3. The molecule has 0 fully saturated rings. The van der Waals surface area contributed by atoms with Crippen molar-refractivity contribution in [2.75, 3.05) is 6.61 Å². The van der Waals surface area contributed by atoms with E-state index in [4.69, 9.17) is 11.5 Å². The van der Waals surface area contributed by atoms with Crippen LogP contribution in [0.5, 0.6) is 0 Å². The van der Waals surface area contributed by atoms with Crippen molar-refractivity contribution in [2.24, 2.45) is 17.4 Å². The van der Waals surface area contributed by atoms with Crippen LogP contribution in [0.15, 0.2) is 43.0 Å². The number of aliphatic hydroxyl groups is 2. The molecule has 2 aromatic heterocycles. The zero-order valence-electron chi connectivity index (χ0n) is 34.0. The maximum absolute atomic E-state index is 13.8. The van der Waals surface area contributed by atoms with Gasteiger partial charge in [-0.3, -0.25) is 38.4 Å². The molecule has 3 aromatic rings. The Morgan fingerprint density at radius 2 is 1.29 bits per heavy atom. The van der Waals surface area contributed by atoms with E-state index in [1.165, 1.54) is 12.5 Å². The number of amides is 7. The number of aliphatic carboxylic acids is 2. The van der Waals surface area contributed by atoms with Gasteiger partial charge in [0.05, 0.1) is 25.5 Å². The molecule has 3 rings (SSSR count). The Labute approximate surface area is 353 Å². The molecule has 7 amide bonds. The number of imidazole rings is 1. The normalized spacial score (nSPS) is 15.1. The van der Waals surface area contributed by atoms with Crippen molar-refractivity contribution in [3.05, 3.63) is 54.2 Å². The molecule has 1 aromatic carbocycles. The molecule has 8 atom stereocenters. The van der Waals surface area contributed by atoms with Crippen LogP contribution in [0, 0.1) is 5.92 Å². The van der Waals surface area contributed by atoms with Crippen molar-refractivity contribution in [3.63, 3.8) is 0 Å². The number of aliphatic hydroxyl groups excluding tert-OH is 2. The summed E-state index contributed by atoms with van der Waals surface area (Å²) >= 11 is 0. The number of rotatable bonds is 25. The van der Waals surface area contributed by atoms with E-state index in [1.54, 1.807) is 44.3 Å². The van der Waals surface area contributed by atoms with Crippen molar-refractivity contribution < 1.29 is 63.6 Å². The number of aromatic amines is 2. The van der Waals surface area contributed by atoms with Gasteiger partial charge in [-0.1, -0.05) is 32.0 Å². The molecule has 16 N–H and O–H groups in total. The fourth-order valence-corrected chi connectivity index (χ4v) is 6.10. The molecule has 0 aliphatic carbocycles. The summed E-state index contributed by atoms with van der Waals surface area (Å²) in [5.41, 5.74) is 12.5. The van der Waals surface area contributed by atoms with E-state index in [0.29, 0.717) is 22.2 Å².